The van der Waals surface area contributed by atoms with E-state index in [9.17, 15) is 14.5 Å². The molecule has 0 aliphatic carbocycles. The van der Waals surface area contributed by atoms with Gasteiger partial charge in [0.15, 0.2) is 0 Å². The first-order chi connectivity index (χ1) is 6.09. The Kier molecular flexibility index (Phi) is 3.13. The van der Waals surface area contributed by atoms with Gasteiger partial charge in [-0.1, -0.05) is 15.9 Å². The van der Waals surface area contributed by atoms with Crippen molar-refractivity contribution in [3.8, 4) is 0 Å². The molecule has 0 spiro atoms. The van der Waals surface area contributed by atoms with E-state index in [-0.39, 0.29) is 5.56 Å². The van der Waals surface area contributed by atoms with Crippen molar-refractivity contribution in [1.82, 2.24) is 0 Å². The number of hydrogen-bond acceptors (Lipinski definition) is 2. The van der Waals surface area contributed by atoms with Crippen LogP contribution in [0.2, 0.25) is 0 Å². The molecule has 0 unspecified atom stereocenters. The molecule has 0 saturated carbocycles. The van der Waals surface area contributed by atoms with Crippen LogP contribution in [0.3, 0.4) is 0 Å². The molecule has 0 N–H and O–H groups in total. The van der Waals surface area contributed by atoms with Crippen molar-refractivity contribution in [3.05, 3.63) is 50.4 Å². The average molecular weight is 246 g/mol. The standard InChI is InChI=1S/C8H5BrFNO2/c9-7-1-2-8(10)6(5-7)3-4-11(12)13/h1-5H/b4-3+. The van der Waals surface area contributed by atoms with Crippen LogP contribution in [-0.4, -0.2) is 4.92 Å². The summed E-state index contributed by atoms with van der Waals surface area (Å²) in [6.45, 7) is 0. The van der Waals surface area contributed by atoms with Crippen LogP contribution in [0.15, 0.2) is 28.9 Å². The van der Waals surface area contributed by atoms with E-state index >= 15 is 0 Å². The lowest BCUT2D eigenvalue weighted by molar-refractivity contribution is -0.400. The van der Waals surface area contributed by atoms with Crippen LogP contribution < -0.4 is 0 Å². The number of hydrogen-bond donors (Lipinski definition) is 0. The maximum absolute atomic E-state index is 12.9. The van der Waals surface area contributed by atoms with E-state index in [1.165, 1.54) is 18.2 Å². The van der Waals surface area contributed by atoms with Gasteiger partial charge in [-0.2, -0.15) is 0 Å². The van der Waals surface area contributed by atoms with Gasteiger partial charge in [-0.05, 0) is 18.2 Å². The second kappa shape index (κ2) is 4.13. The Hall–Kier alpha value is -1.23. The molecule has 0 radical (unpaired) electrons. The Balaban J connectivity index is 3.00. The smallest absolute Gasteiger partial charge is 0.235 e. The minimum Gasteiger partial charge on any atom is -0.259 e. The van der Waals surface area contributed by atoms with Gasteiger partial charge in [-0.3, -0.25) is 10.1 Å². The average Bonchev–Trinajstić information content (AvgIpc) is 2.06. The van der Waals surface area contributed by atoms with Crippen LogP contribution in [0.4, 0.5) is 4.39 Å². The van der Waals surface area contributed by atoms with Crippen molar-refractivity contribution >= 4 is 22.0 Å². The third kappa shape index (κ3) is 2.95. The summed E-state index contributed by atoms with van der Waals surface area (Å²) >= 11 is 3.13. The minimum absolute atomic E-state index is 0.186. The molecular weight excluding hydrogens is 241 g/mol. The Labute approximate surface area is 82.2 Å². The topological polar surface area (TPSA) is 43.1 Å². The van der Waals surface area contributed by atoms with E-state index in [0.717, 1.165) is 6.08 Å². The van der Waals surface area contributed by atoms with Gasteiger partial charge in [0.05, 0.1) is 4.92 Å². The van der Waals surface area contributed by atoms with Gasteiger partial charge in [0.1, 0.15) is 5.82 Å². The van der Waals surface area contributed by atoms with E-state index in [4.69, 9.17) is 0 Å². The van der Waals surface area contributed by atoms with Crippen LogP contribution in [0, 0.1) is 15.9 Å². The van der Waals surface area contributed by atoms with Crippen LogP contribution in [0.1, 0.15) is 5.56 Å². The summed E-state index contributed by atoms with van der Waals surface area (Å²) in [6, 6.07) is 4.23. The van der Waals surface area contributed by atoms with Crippen LogP contribution >= 0.6 is 15.9 Å². The Bertz CT molecular complexity index is 365. The van der Waals surface area contributed by atoms with Crippen molar-refractivity contribution < 1.29 is 9.31 Å². The van der Waals surface area contributed by atoms with Gasteiger partial charge in [-0.15, -0.1) is 0 Å². The highest BCUT2D eigenvalue weighted by Crippen LogP contribution is 2.16. The molecular formula is C8H5BrFNO2. The van der Waals surface area contributed by atoms with Crippen molar-refractivity contribution in [2.75, 3.05) is 0 Å². The molecule has 5 heteroatoms. The molecule has 0 fully saturated rings. The molecule has 0 aromatic heterocycles. The number of benzene rings is 1. The monoisotopic (exact) mass is 245 g/mol. The van der Waals surface area contributed by atoms with Gasteiger partial charge in [0, 0.05) is 16.1 Å². The molecule has 0 aliphatic rings. The fourth-order valence-electron chi connectivity index (χ4n) is 0.783. The summed E-state index contributed by atoms with van der Waals surface area (Å²) < 4.78 is 13.6. The third-order valence-electron chi connectivity index (χ3n) is 1.33. The Morgan fingerprint density at radius 3 is 2.85 bits per heavy atom. The molecule has 0 atom stereocenters. The molecule has 0 heterocycles. The molecule has 0 amide bonds. The maximum atomic E-state index is 12.9. The predicted molar refractivity (Wildman–Crippen MR) is 50.1 cm³/mol. The first-order valence-corrected chi connectivity index (χ1v) is 4.15. The fourth-order valence-corrected chi connectivity index (χ4v) is 1.16. The van der Waals surface area contributed by atoms with Crippen molar-refractivity contribution in [3.63, 3.8) is 0 Å². The molecule has 3 nitrogen and oxygen atoms in total. The van der Waals surface area contributed by atoms with Gasteiger partial charge >= 0.3 is 0 Å². The van der Waals surface area contributed by atoms with Crippen LogP contribution in [0.25, 0.3) is 6.08 Å². The van der Waals surface area contributed by atoms with Crippen molar-refractivity contribution in [2.45, 2.75) is 0 Å². The minimum atomic E-state index is -0.639. The zero-order chi connectivity index (χ0) is 9.84. The van der Waals surface area contributed by atoms with Gasteiger partial charge in [0.25, 0.3) is 0 Å². The highest BCUT2D eigenvalue weighted by molar-refractivity contribution is 9.10. The first kappa shape index (κ1) is 9.85. The second-order valence-electron chi connectivity index (χ2n) is 2.27. The summed E-state index contributed by atoms with van der Waals surface area (Å²) in [4.78, 5) is 9.31. The lowest BCUT2D eigenvalue weighted by atomic mass is 10.2. The molecule has 0 aliphatic heterocycles. The van der Waals surface area contributed by atoms with Gasteiger partial charge in [0.2, 0.25) is 6.20 Å². The molecule has 1 aromatic carbocycles. The highest BCUT2D eigenvalue weighted by Gasteiger charge is 1.99. The summed E-state index contributed by atoms with van der Waals surface area (Å²) in [7, 11) is 0. The zero-order valence-electron chi connectivity index (χ0n) is 6.41. The van der Waals surface area contributed by atoms with Gasteiger partial charge in [-0.25, -0.2) is 4.39 Å². The van der Waals surface area contributed by atoms with Crippen molar-refractivity contribution in [2.24, 2.45) is 0 Å². The lowest BCUT2D eigenvalue weighted by Gasteiger charge is -1.95. The second-order valence-corrected chi connectivity index (χ2v) is 3.18. The highest BCUT2D eigenvalue weighted by atomic mass is 79.9. The van der Waals surface area contributed by atoms with Crippen LogP contribution in [-0.2, 0) is 0 Å². The van der Waals surface area contributed by atoms with E-state index in [0.29, 0.717) is 10.7 Å². The number of rotatable bonds is 2. The molecule has 68 valence electrons. The Morgan fingerprint density at radius 2 is 2.23 bits per heavy atom. The van der Waals surface area contributed by atoms with Crippen LogP contribution in [0.5, 0.6) is 0 Å². The number of nitro groups is 1. The molecule has 0 bridgehead atoms. The van der Waals surface area contributed by atoms with E-state index in [1.807, 2.05) is 0 Å². The summed E-state index contributed by atoms with van der Waals surface area (Å²) in [6.07, 6.45) is 1.81. The van der Waals surface area contributed by atoms with Crippen molar-refractivity contribution in [1.29, 1.82) is 0 Å². The third-order valence-corrected chi connectivity index (χ3v) is 1.83. The molecule has 0 saturated heterocycles. The molecule has 1 rings (SSSR count). The SMILES string of the molecule is O=[N+]([O-])/C=C/c1cc(Br)ccc1F. The maximum Gasteiger partial charge on any atom is 0.235 e. The number of halogens is 2. The molecule has 1 aromatic rings. The normalized spacial score (nSPS) is 10.6. The van der Waals surface area contributed by atoms with E-state index in [1.54, 1.807) is 0 Å². The van der Waals surface area contributed by atoms with E-state index in [2.05, 4.69) is 15.9 Å². The Morgan fingerprint density at radius 1 is 1.54 bits per heavy atom. The van der Waals surface area contributed by atoms with Gasteiger partial charge < -0.3 is 0 Å². The zero-order valence-corrected chi connectivity index (χ0v) is 7.99. The summed E-state index contributed by atoms with van der Waals surface area (Å²) in [5.41, 5.74) is 0.186. The predicted octanol–water partition coefficient (Wildman–Crippen LogP) is 2.84. The summed E-state index contributed by atoms with van der Waals surface area (Å²) in [5, 5.41) is 9.95. The molecule has 13 heavy (non-hydrogen) atoms. The lowest BCUT2D eigenvalue weighted by Crippen LogP contribution is -1.85. The fraction of sp³-hybridized carbons (Fsp3) is 0. The summed E-state index contributed by atoms with van der Waals surface area (Å²) in [5.74, 6) is -0.485. The quantitative estimate of drug-likeness (QED) is 0.594. The number of nitrogens with zero attached hydrogens (tertiary/aromatic N) is 1. The van der Waals surface area contributed by atoms with E-state index < -0.39 is 10.7 Å². The first-order valence-electron chi connectivity index (χ1n) is 3.36. The largest absolute Gasteiger partial charge is 0.259 e.